The molecule has 0 radical (unpaired) electrons. The van der Waals surface area contributed by atoms with Gasteiger partial charge in [-0.2, -0.15) is 0 Å². The van der Waals surface area contributed by atoms with Gasteiger partial charge >= 0.3 is 5.97 Å². The van der Waals surface area contributed by atoms with Crippen LogP contribution >= 0.6 is 0 Å². The number of benzene rings is 4. The summed E-state index contributed by atoms with van der Waals surface area (Å²) >= 11 is 0. The lowest BCUT2D eigenvalue weighted by Gasteiger charge is -2.32. The molecule has 3 heteroatoms. The molecule has 1 N–H and O–H groups in total. The minimum absolute atomic E-state index is 0.129. The number of hydrogen-bond acceptors (Lipinski definition) is 3. The Hall–Kier alpha value is -3.33. The van der Waals surface area contributed by atoms with Gasteiger partial charge in [0.1, 0.15) is 11.4 Å². The second kappa shape index (κ2) is 6.83. The van der Waals surface area contributed by atoms with E-state index in [4.69, 9.17) is 4.74 Å². The molecule has 32 heavy (non-hydrogen) atoms. The highest BCUT2D eigenvalue weighted by molar-refractivity contribution is 6.04. The van der Waals surface area contributed by atoms with E-state index in [1.807, 2.05) is 54.6 Å². The Morgan fingerprint density at radius 2 is 1.78 bits per heavy atom. The van der Waals surface area contributed by atoms with Crippen LogP contribution in [0.3, 0.4) is 0 Å². The molecule has 0 spiro atoms. The van der Waals surface area contributed by atoms with Crippen molar-refractivity contribution in [2.24, 2.45) is 5.92 Å². The molecule has 2 bridgehead atoms. The highest BCUT2D eigenvalue weighted by atomic mass is 16.6. The van der Waals surface area contributed by atoms with E-state index in [9.17, 15) is 9.90 Å². The molecule has 160 valence electrons. The van der Waals surface area contributed by atoms with Gasteiger partial charge in [-0.15, -0.1) is 0 Å². The number of aromatic hydroxyl groups is 1. The molecule has 3 unspecified atom stereocenters. The van der Waals surface area contributed by atoms with Crippen LogP contribution < -0.4 is 0 Å². The maximum atomic E-state index is 13.5. The van der Waals surface area contributed by atoms with Crippen LogP contribution in [0.2, 0.25) is 0 Å². The molecule has 3 nitrogen and oxygen atoms in total. The summed E-state index contributed by atoms with van der Waals surface area (Å²) < 4.78 is 6.45. The summed E-state index contributed by atoms with van der Waals surface area (Å²) in [5.41, 5.74) is 3.09. The first-order valence-corrected chi connectivity index (χ1v) is 11.5. The molecule has 0 saturated heterocycles. The number of rotatable bonds is 3. The monoisotopic (exact) mass is 422 g/mol. The van der Waals surface area contributed by atoms with Gasteiger partial charge in [-0.05, 0) is 59.0 Å². The zero-order chi connectivity index (χ0) is 22.0. The fourth-order valence-corrected chi connectivity index (χ4v) is 6.29. The van der Waals surface area contributed by atoms with E-state index in [1.54, 1.807) is 0 Å². The summed E-state index contributed by atoms with van der Waals surface area (Å²) in [6, 6.07) is 22.0. The minimum Gasteiger partial charge on any atom is -0.507 e. The van der Waals surface area contributed by atoms with E-state index in [-0.39, 0.29) is 17.8 Å². The van der Waals surface area contributed by atoms with Crippen LogP contribution in [0, 0.1) is 5.92 Å². The lowest BCUT2D eigenvalue weighted by atomic mass is 9.84. The number of ether oxygens (including phenoxy) is 1. The third-order valence-electron chi connectivity index (χ3n) is 7.94. The van der Waals surface area contributed by atoms with Gasteiger partial charge < -0.3 is 9.84 Å². The van der Waals surface area contributed by atoms with E-state index < -0.39 is 5.60 Å². The molecular formula is C29H26O3. The predicted molar refractivity (Wildman–Crippen MR) is 127 cm³/mol. The number of phenols is 1. The van der Waals surface area contributed by atoms with Crippen molar-refractivity contribution in [3.05, 3.63) is 89.0 Å². The van der Waals surface area contributed by atoms with Gasteiger partial charge in [0.25, 0.3) is 0 Å². The Morgan fingerprint density at radius 3 is 2.62 bits per heavy atom. The lowest BCUT2D eigenvalue weighted by Crippen LogP contribution is -2.33. The Balaban J connectivity index is 1.51. The highest BCUT2D eigenvalue weighted by Crippen LogP contribution is 2.64. The Bertz CT molecular complexity index is 1400. The summed E-state index contributed by atoms with van der Waals surface area (Å²) in [5.74, 6) is 0.419. The van der Waals surface area contributed by atoms with Crippen LogP contribution in [-0.2, 0) is 16.8 Å². The summed E-state index contributed by atoms with van der Waals surface area (Å²) in [6.45, 7) is 4.29. The molecule has 0 heterocycles. The van der Waals surface area contributed by atoms with Crippen molar-refractivity contribution in [1.29, 1.82) is 0 Å². The Morgan fingerprint density at radius 1 is 1.03 bits per heavy atom. The van der Waals surface area contributed by atoms with Crippen molar-refractivity contribution in [2.75, 3.05) is 0 Å². The quantitative estimate of drug-likeness (QED) is 0.368. The zero-order valence-corrected chi connectivity index (χ0v) is 18.4. The fraction of sp³-hybridized carbons (Fsp3) is 0.276. The molecule has 0 aromatic heterocycles. The van der Waals surface area contributed by atoms with E-state index in [2.05, 4.69) is 26.0 Å². The van der Waals surface area contributed by atoms with Crippen molar-refractivity contribution < 1.29 is 14.6 Å². The molecule has 2 aliphatic rings. The van der Waals surface area contributed by atoms with Crippen LogP contribution in [0.4, 0.5) is 0 Å². The van der Waals surface area contributed by atoms with Crippen LogP contribution in [0.1, 0.15) is 59.7 Å². The topological polar surface area (TPSA) is 46.5 Å². The van der Waals surface area contributed by atoms with Crippen LogP contribution in [0.15, 0.2) is 66.7 Å². The predicted octanol–water partition coefficient (Wildman–Crippen LogP) is 6.84. The smallest absolute Gasteiger partial charge is 0.339 e. The largest absolute Gasteiger partial charge is 0.507 e. The van der Waals surface area contributed by atoms with Crippen molar-refractivity contribution in [2.45, 2.75) is 44.6 Å². The minimum atomic E-state index is -0.694. The first kappa shape index (κ1) is 19.4. The SMILES string of the molecule is CCc1cccc2c(O)c3c(cc12)C1(OC(=O)c2cccc4ccccc24)CCC3C1C. The molecular weight excluding hydrogens is 396 g/mol. The average molecular weight is 423 g/mol. The summed E-state index contributed by atoms with van der Waals surface area (Å²) in [4.78, 5) is 13.5. The van der Waals surface area contributed by atoms with Gasteiger partial charge in [0.2, 0.25) is 0 Å². The van der Waals surface area contributed by atoms with Crippen molar-refractivity contribution in [1.82, 2.24) is 0 Å². The summed E-state index contributed by atoms with van der Waals surface area (Å²) in [7, 11) is 0. The van der Waals surface area contributed by atoms with E-state index in [1.165, 1.54) is 5.56 Å². The first-order chi connectivity index (χ1) is 15.5. The molecule has 4 aromatic carbocycles. The van der Waals surface area contributed by atoms with Gasteiger partial charge in [-0.1, -0.05) is 68.4 Å². The van der Waals surface area contributed by atoms with E-state index >= 15 is 0 Å². The molecule has 6 rings (SSSR count). The van der Waals surface area contributed by atoms with Crippen LogP contribution in [0.5, 0.6) is 5.75 Å². The number of esters is 1. The van der Waals surface area contributed by atoms with Crippen molar-refractivity contribution in [3.63, 3.8) is 0 Å². The van der Waals surface area contributed by atoms with Crippen LogP contribution in [0.25, 0.3) is 21.5 Å². The van der Waals surface area contributed by atoms with Gasteiger partial charge in [0, 0.05) is 22.4 Å². The number of hydrogen-bond donors (Lipinski definition) is 1. The van der Waals surface area contributed by atoms with Gasteiger partial charge in [0.05, 0.1) is 5.56 Å². The number of carbonyl (C=O) groups is 1. The lowest BCUT2D eigenvalue weighted by molar-refractivity contribution is -0.0353. The first-order valence-electron chi connectivity index (χ1n) is 11.5. The highest BCUT2D eigenvalue weighted by Gasteiger charge is 2.59. The van der Waals surface area contributed by atoms with Crippen molar-refractivity contribution in [3.8, 4) is 5.75 Å². The Labute approximate surface area is 187 Å². The maximum absolute atomic E-state index is 13.5. The third-order valence-corrected chi connectivity index (χ3v) is 7.94. The summed E-state index contributed by atoms with van der Waals surface area (Å²) in [6.07, 6.45) is 2.60. The average Bonchev–Trinajstić information content (AvgIpc) is 3.25. The molecule has 2 aliphatic carbocycles. The third kappa shape index (κ3) is 2.45. The van der Waals surface area contributed by atoms with Crippen molar-refractivity contribution >= 4 is 27.5 Å². The summed E-state index contributed by atoms with van der Waals surface area (Å²) in [5, 5.41) is 15.2. The standard InChI is InChI=1S/C29H26O3/c1-3-18-9-6-12-22-24(18)16-25-26(27(22)30)20-14-15-29(25,17(20)2)32-28(31)23-13-7-10-19-8-4-5-11-21(19)23/h4-13,16-17,20,30H,3,14-15H2,1-2H3. The second-order valence-electron chi connectivity index (χ2n) is 9.29. The molecule has 0 aliphatic heterocycles. The molecule has 1 fully saturated rings. The normalized spacial score (nSPS) is 23.6. The Kier molecular flexibility index (Phi) is 4.13. The molecule has 1 saturated carbocycles. The van der Waals surface area contributed by atoms with E-state index in [0.717, 1.165) is 51.9 Å². The van der Waals surface area contributed by atoms with E-state index in [0.29, 0.717) is 11.3 Å². The van der Waals surface area contributed by atoms with Gasteiger partial charge in [-0.3, -0.25) is 0 Å². The zero-order valence-electron chi connectivity index (χ0n) is 18.4. The number of fused-ring (bicyclic) bond motifs is 7. The fourth-order valence-electron chi connectivity index (χ4n) is 6.29. The molecule has 3 atom stereocenters. The van der Waals surface area contributed by atoms with Gasteiger partial charge in [0.15, 0.2) is 0 Å². The maximum Gasteiger partial charge on any atom is 0.339 e. The van der Waals surface area contributed by atoms with Crippen LogP contribution in [-0.4, -0.2) is 11.1 Å². The van der Waals surface area contributed by atoms with Gasteiger partial charge in [-0.25, -0.2) is 4.79 Å². The second-order valence-corrected chi connectivity index (χ2v) is 9.29. The number of phenolic OH excluding ortho intramolecular Hbond substituents is 1. The number of aryl methyl sites for hydroxylation is 1. The number of carbonyl (C=O) groups excluding carboxylic acids is 1. The molecule has 4 aromatic rings. The molecule has 0 amide bonds.